The van der Waals surface area contributed by atoms with Crippen LogP contribution in [-0.2, 0) is 27.3 Å². The van der Waals surface area contributed by atoms with Gasteiger partial charge in [0.05, 0.1) is 18.0 Å². The number of ether oxygens (including phenoxy) is 3. The quantitative estimate of drug-likeness (QED) is 0.0846. The van der Waals surface area contributed by atoms with E-state index in [9.17, 15) is 18.8 Å². The van der Waals surface area contributed by atoms with E-state index in [1.165, 1.54) is 0 Å². The maximum atomic E-state index is 17.2. The first-order valence-corrected chi connectivity index (χ1v) is 25.0. The number of fused-ring (bicyclic) bond motifs is 3. The average molecular weight is 958 g/mol. The number of anilines is 2. The normalized spacial score (nSPS) is 22.7. The number of imide groups is 1. The van der Waals surface area contributed by atoms with Crippen molar-refractivity contribution in [1.29, 1.82) is 0 Å². The number of carbonyl (C=O) groups excluding carboxylic acids is 3. The van der Waals surface area contributed by atoms with Gasteiger partial charge in [-0.15, -0.1) is 0 Å². The van der Waals surface area contributed by atoms with E-state index >= 15 is 4.39 Å². The van der Waals surface area contributed by atoms with Gasteiger partial charge in [-0.1, -0.05) is 25.1 Å². The lowest BCUT2D eigenvalue weighted by Gasteiger charge is -2.40. The van der Waals surface area contributed by atoms with E-state index in [4.69, 9.17) is 29.2 Å². The molecular formula is C53H61F2N9O6. The third-order valence-corrected chi connectivity index (χ3v) is 15.7. The van der Waals surface area contributed by atoms with Crippen molar-refractivity contribution < 1.29 is 37.4 Å². The minimum absolute atomic E-state index is 0.0370. The second-order valence-corrected chi connectivity index (χ2v) is 20.4. The van der Waals surface area contributed by atoms with Crippen LogP contribution in [-0.4, -0.2) is 146 Å². The van der Waals surface area contributed by atoms with Crippen molar-refractivity contribution in [3.05, 3.63) is 77.2 Å². The summed E-state index contributed by atoms with van der Waals surface area (Å²) in [5.74, 6) is 0.120. The van der Waals surface area contributed by atoms with Crippen molar-refractivity contribution in [3.63, 3.8) is 0 Å². The molecule has 3 amide bonds. The summed E-state index contributed by atoms with van der Waals surface area (Å²) in [5.41, 5.74) is 4.47. The predicted molar refractivity (Wildman–Crippen MR) is 261 cm³/mol. The number of rotatable bonds is 16. The SMILES string of the molecule is CCc1cccc2cc(OCOC)cc(-c3ncc4c(N(C)[C@@H]5C[C@H]5F)nc(OCC5(CN6CCC(CN7CCN(c8ccc9c(c8)CN([C@H]8CCC(=O)NC8=O)C9=O)CC7)CC6)CC5)nc4c3F)c12. The molecule has 0 bridgehead atoms. The summed E-state index contributed by atoms with van der Waals surface area (Å²) >= 11 is 0. The zero-order valence-electron chi connectivity index (χ0n) is 40.2. The number of pyridine rings is 1. The lowest BCUT2D eigenvalue weighted by Crippen LogP contribution is -2.52. The molecule has 1 N–H and O–H groups in total. The number of piperazine rings is 1. The molecule has 368 valence electrons. The molecular weight excluding hydrogens is 897 g/mol. The minimum atomic E-state index is -0.991. The maximum absolute atomic E-state index is 17.2. The van der Waals surface area contributed by atoms with Gasteiger partial charge in [0.25, 0.3) is 5.91 Å². The number of benzene rings is 3. The topological polar surface area (TPSA) is 146 Å². The fourth-order valence-corrected chi connectivity index (χ4v) is 11.3. The second-order valence-electron chi connectivity index (χ2n) is 20.4. The van der Waals surface area contributed by atoms with Gasteiger partial charge in [-0.2, -0.15) is 9.97 Å². The molecule has 0 radical (unpaired) electrons. The number of hydrogen-bond donors (Lipinski definition) is 1. The van der Waals surface area contributed by atoms with E-state index in [-0.39, 0.29) is 53.7 Å². The Morgan fingerprint density at radius 2 is 1.73 bits per heavy atom. The number of amides is 3. The monoisotopic (exact) mass is 957 g/mol. The summed E-state index contributed by atoms with van der Waals surface area (Å²) in [4.78, 5) is 62.6. The number of halogens is 2. The number of alkyl halides is 1. The summed E-state index contributed by atoms with van der Waals surface area (Å²) in [6, 6.07) is 14.8. The van der Waals surface area contributed by atoms with E-state index in [0.717, 1.165) is 112 Å². The molecule has 0 unspecified atom stereocenters. The zero-order valence-corrected chi connectivity index (χ0v) is 40.2. The van der Waals surface area contributed by atoms with Crippen molar-refractivity contribution >= 4 is 50.9 Å². The van der Waals surface area contributed by atoms with Crippen LogP contribution in [0.3, 0.4) is 0 Å². The van der Waals surface area contributed by atoms with Gasteiger partial charge in [-0.3, -0.25) is 29.6 Å². The second kappa shape index (κ2) is 18.9. The van der Waals surface area contributed by atoms with Crippen LogP contribution in [0.25, 0.3) is 32.9 Å². The average Bonchev–Trinajstić information content (AvgIpc) is 4.29. The molecule has 11 rings (SSSR count). The van der Waals surface area contributed by atoms with Crippen LogP contribution in [0.15, 0.2) is 54.7 Å². The largest absolute Gasteiger partial charge is 0.468 e. The Kier molecular flexibility index (Phi) is 12.5. The van der Waals surface area contributed by atoms with E-state index < -0.39 is 23.9 Å². The van der Waals surface area contributed by atoms with Gasteiger partial charge in [-0.05, 0) is 110 Å². The van der Waals surface area contributed by atoms with Crippen molar-refractivity contribution in [2.45, 2.75) is 83.1 Å². The molecule has 5 aromatic rings. The summed E-state index contributed by atoms with van der Waals surface area (Å²) in [5, 5.41) is 4.56. The summed E-state index contributed by atoms with van der Waals surface area (Å²) in [7, 11) is 3.34. The van der Waals surface area contributed by atoms with Gasteiger partial charge >= 0.3 is 6.01 Å². The van der Waals surface area contributed by atoms with Crippen LogP contribution in [0, 0.1) is 17.2 Å². The number of hydrogen-bond acceptors (Lipinski definition) is 13. The third-order valence-electron chi connectivity index (χ3n) is 15.7. The lowest BCUT2D eigenvalue weighted by atomic mass is 9.94. The molecule has 2 aromatic heterocycles. The Bertz CT molecular complexity index is 2850. The van der Waals surface area contributed by atoms with Crippen LogP contribution >= 0.6 is 0 Å². The van der Waals surface area contributed by atoms with Gasteiger partial charge < -0.3 is 33.8 Å². The molecule has 3 aromatic carbocycles. The zero-order chi connectivity index (χ0) is 48.3. The van der Waals surface area contributed by atoms with Crippen molar-refractivity contribution in [1.82, 2.24) is 35.0 Å². The molecule has 5 fully saturated rings. The number of carbonyl (C=O) groups is 3. The van der Waals surface area contributed by atoms with E-state index in [1.54, 1.807) is 36.2 Å². The van der Waals surface area contributed by atoms with Crippen LogP contribution < -0.4 is 24.6 Å². The molecule has 4 aliphatic heterocycles. The lowest BCUT2D eigenvalue weighted by molar-refractivity contribution is -0.136. The van der Waals surface area contributed by atoms with Gasteiger partial charge in [0.2, 0.25) is 11.8 Å². The summed E-state index contributed by atoms with van der Waals surface area (Å²) < 4.78 is 49.2. The van der Waals surface area contributed by atoms with E-state index in [1.807, 2.05) is 36.4 Å². The van der Waals surface area contributed by atoms with Crippen molar-refractivity contribution in [3.8, 4) is 23.0 Å². The molecule has 0 spiro atoms. The molecule has 70 heavy (non-hydrogen) atoms. The molecule has 2 aliphatic carbocycles. The van der Waals surface area contributed by atoms with E-state index in [2.05, 4.69) is 33.0 Å². The highest BCUT2D eigenvalue weighted by molar-refractivity contribution is 6.06. The predicted octanol–water partition coefficient (Wildman–Crippen LogP) is 6.53. The highest BCUT2D eigenvalue weighted by Crippen LogP contribution is 2.47. The van der Waals surface area contributed by atoms with Crippen LogP contribution in [0.1, 0.15) is 73.4 Å². The van der Waals surface area contributed by atoms with E-state index in [0.29, 0.717) is 60.0 Å². The molecule has 2 saturated carbocycles. The molecule has 17 heteroatoms. The number of aromatic nitrogens is 3. The first-order chi connectivity index (χ1) is 34.0. The smallest absolute Gasteiger partial charge is 0.319 e. The molecule has 3 atom stereocenters. The Balaban J connectivity index is 0.716. The number of likely N-dealkylation sites (tertiary alicyclic amines) is 1. The standard InChI is InChI=1S/C53H61F2N9O6/c1-4-33-6-5-7-34-23-37(70-31-68-3)24-39(45(33)34)47-46(55)48-40(26-56-47)49(60(2)43-25-41(43)54)59-52(58-48)69-30-53(14-15-53)29-62-16-12-32(13-17-62)27-61-18-20-63(21-19-61)36-8-9-38-35(22-36)28-64(51(38)67)42-10-11-44(65)57-50(42)66/h5-9,22-24,26,32,41-43H,4,10-21,25,27-31H2,1-3H3,(H,57,65,66)/t41-,42+,43-/m1/s1. The van der Waals surface area contributed by atoms with Gasteiger partial charge in [0.1, 0.15) is 35.0 Å². The Morgan fingerprint density at radius 3 is 2.46 bits per heavy atom. The number of nitrogens with zero attached hydrogens (tertiary/aromatic N) is 8. The van der Waals surface area contributed by atoms with Gasteiger partial charge in [-0.25, -0.2) is 8.78 Å². The molecule has 6 heterocycles. The fourth-order valence-electron chi connectivity index (χ4n) is 11.3. The van der Waals surface area contributed by atoms with Gasteiger partial charge in [0.15, 0.2) is 12.6 Å². The number of aryl methyl sites for hydroxylation is 1. The third kappa shape index (κ3) is 9.11. The Labute approximate surface area is 406 Å². The first kappa shape index (κ1) is 46.3. The number of piperidine rings is 2. The number of methoxy groups -OCH3 is 1. The summed E-state index contributed by atoms with van der Waals surface area (Å²) in [6.07, 6.45) is 6.62. The fraction of sp³-hybridized carbons (Fsp3) is 0.509. The highest BCUT2D eigenvalue weighted by atomic mass is 19.1. The molecule has 15 nitrogen and oxygen atoms in total. The Morgan fingerprint density at radius 1 is 0.929 bits per heavy atom. The van der Waals surface area contributed by atoms with Crippen LogP contribution in [0.4, 0.5) is 20.3 Å². The van der Waals surface area contributed by atoms with Crippen LogP contribution in [0.5, 0.6) is 11.8 Å². The van der Waals surface area contributed by atoms with Crippen LogP contribution in [0.2, 0.25) is 0 Å². The Hall–Kier alpha value is -6.04. The molecule has 3 saturated heterocycles. The minimum Gasteiger partial charge on any atom is -0.468 e. The maximum Gasteiger partial charge on any atom is 0.319 e. The first-order valence-electron chi connectivity index (χ1n) is 25.0. The molecule has 6 aliphatic rings. The number of nitrogens with one attached hydrogen (secondary N) is 1. The van der Waals surface area contributed by atoms with Gasteiger partial charge in [0, 0.05) is 101 Å². The summed E-state index contributed by atoms with van der Waals surface area (Å²) in [6.45, 7) is 10.7. The highest BCUT2D eigenvalue weighted by Gasteiger charge is 2.46. The van der Waals surface area contributed by atoms with Crippen molar-refractivity contribution in [2.75, 3.05) is 89.7 Å². The van der Waals surface area contributed by atoms with Crippen molar-refractivity contribution in [2.24, 2.45) is 11.3 Å².